The van der Waals surface area contributed by atoms with Crippen molar-refractivity contribution >= 4 is 35.8 Å². The highest BCUT2D eigenvalue weighted by molar-refractivity contribution is 6.30. The molecule has 2 saturated heterocycles. The number of carbonyl (C=O) groups excluding carboxylic acids is 2. The number of hydrogen-bond acceptors (Lipinski definition) is 3. The molecule has 0 aromatic heterocycles. The van der Waals surface area contributed by atoms with Gasteiger partial charge in [0, 0.05) is 30.6 Å². The van der Waals surface area contributed by atoms with E-state index in [0.29, 0.717) is 12.5 Å². The Morgan fingerprint density at radius 2 is 1.62 bits per heavy atom. The van der Waals surface area contributed by atoms with Crippen molar-refractivity contribution in [3.8, 4) is 0 Å². The van der Waals surface area contributed by atoms with Gasteiger partial charge in [0.1, 0.15) is 0 Å². The average molecular weight is 545 g/mol. The zero-order valence-electron chi connectivity index (χ0n) is 21.5. The lowest BCUT2D eigenvalue weighted by Crippen LogP contribution is -2.45. The van der Waals surface area contributed by atoms with Crippen LogP contribution in [0.4, 0.5) is 0 Å². The van der Waals surface area contributed by atoms with Crippen molar-refractivity contribution in [3.63, 3.8) is 0 Å². The maximum absolute atomic E-state index is 13.4. The smallest absolute Gasteiger partial charge is 0.229 e. The van der Waals surface area contributed by atoms with Crippen LogP contribution in [0.5, 0.6) is 0 Å². The molecule has 0 bridgehead atoms. The minimum absolute atomic E-state index is 0. The molecule has 200 valence electrons. The van der Waals surface area contributed by atoms with Crippen LogP contribution < -0.4 is 5.32 Å². The van der Waals surface area contributed by atoms with Crippen molar-refractivity contribution in [2.75, 3.05) is 26.2 Å². The van der Waals surface area contributed by atoms with E-state index in [9.17, 15) is 9.59 Å². The summed E-state index contributed by atoms with van der Waals surface area (Å²) in [5, 5.41) is 4.09. The molecule has 0 unspecified atom stereocenters. The van der Waals surface area contributed by atoms with Crippen LogP contribution in [0.25, 0.3) is 0 Å². The van der Waals surface area contributed by atoms with Gasteiger partial charge in [-0.3, -0.25) is 9.59 Å². The summed E-state index contributed by atoms with van der Waals surface area (Å²) in [5.41, 5.74) is 2.12. The first-order valence-corrected chi connectivity index (χ1v) is 14.0. The summed E-state index contributed by atoms with van der Waals surface area (Å²) < 4.78 is 0. The molecule has 0 radical (unpaired) electrons. The fourth-order valence-electron chi connectivity index (χ4n) is 6.32. The highest BCUT2D eigenvalue weighted by Gasteiger charge is 2.47. The van der Waals surface area contributed by atoms with E-state index in [1.54, 1.807) is 0 Å². The summed E-state index contributed by atoms with van der Waals surface area (Å²) in [6.45, 7) is 4.33. The van der Waals surface area contributed by atoms with Gasteiger partial charge in [-0.05, 0) is 74.9 Å². The lowest BCUT2D eigenvalue weighted by Gasteiger charge is -2.38. The SMILES string of the molecule is Cl.O=C(N[C@@H](CCN1CCC2(CC1)CCN(Cc1ccc(Cl)cc1)C2=O)c1ccccc1)C1CCCC1. The van der Waals surface area contributed by atoms with Crippen LogP contribution in [0.15, 0.2) is 54.6 Å². The molecule has 2 aromatic carbocycles. The molecule has 3 aliphatic rings. The molecule has 1 N–H and O–H groups in total. The first-order chi connectivity index (χ1) is 17.5. The number of carbonyl (C=O) groups is 2. The number of benzene rings is 2. The minimum atomic E-state index is -0.196. The Morgan fingerprint density at radius 1 is 0.973 bits per heavy atom. The second kappa shape index (κ2) is 12.6. The molecule has 37 heavy (non-hydrogen) atoms. The predicted octanol–water partition coefficient (Wildman–Crippen LogP) is 6.01. The molecule has 2 amide bonds. The number of amides is 2. The van der Waals surface area contributed by atoms with E-state index >= 15 is 0 Å². The maximum atomic E-state index is 13.4. The third-order valence-electron chi connectivity index (χ3n) is 8.68. The highest BCUT2D eigenvalue weighted by Crippen LogP contribution is 2.42. The number of nitrogens with zero attached hydrogens (tertiary/aromatic N) is 2. The number of rotatable bonds is 8. The quantitative estimate of drug-likeness (QED) is 0.443. The van der Waals surface area contributed by atoms with Gasteiger partial charge >= 0.3 is 0 Å². The molecule has 2 aromatic rings. The molecule has 7 heteroatoms. The van der Waals surface area contributed by atoms with E-state index in [1.165, 1.54) is 18.4 Å². The number of likely N-dealkylation sites (tertiary alicyclic amines) is 2. The van der Waals surface area contributed by atoms with Crippen molar-refractivity contribution < 1.29 is 9.59 Å². The largest absolute Gasteiger partial charge is 0.349 e. The van der Waals surface area contributed by atoms with Gasteiger partial charge in [-0.25, -0.2) is 0 Å². The van der Waals surface area contributed by atoms with Crippen molar-refractivity contribution in [1.29, 1.82) is 0 Å². The normalized spacial score (nSPS) is 20.7. The Balaban J connectivity index is 0.00000320. The molecule has 1 spiro atoms. The first-order valence-electron chi connectivity index (χ1n) is 13.6. The van der Waals surface area contributed by atoms with E-state index in [0.717, 1.165) is 75.3 Å². The Morgan fingerprint density at radius 3 is 2.30 bits per heavy atom. The molecule has 2 aliphatic heterocycles. The number of nitrogens with one attached hydrogen (secondary N) is 1. The van der Waals surface area contributed by atoms with Crippen LogP contribution in [0.2, 0.25) is 5.02 Å². The van der Waals surface area contributed by atoms with Gasteiger partial charge in [0.25, 0.3) is 0 Å². The molecule has 2 heterocycles. The van der Waals surface area contributed by atoms with E-state index in [4.69, 9.17) is 11.6 Å². The lowest BCUT2D eigenvalue weighted by atomic mass is 9.77. The third-order valence-corrected chi connectivity index (χ3v) is 8.93. The first kappa shape index (κ1) is 27.9. The zero-order chi connectivity index (χ0) is 25.0. The number of hydrogen-bond donors (Lipinski definition) is 1. The fraction of sp³-hybridized carbons (Fsp3) is 0.533. The molecule has 1 saturated carbocycles. The fourth-order valence-corrected chi connectivity index (χ4v) is 6.45. The Bertz CT molecular complexity index is 1030. The summed E-state index contributed by atoms with van der Waals surface area (Å²) in [5.74, 6) is 0.717. The van der Waals surface area contributed by atoms with E-state index in [1.807, 2.05) is 35.2 Å². The van der Waals surface area contributed by atoms with Crippen molar-refractivity contribution in [2.24, 2.45) is 11.3 Å². The maximum Gasteiger partial charge on any atom is 0.229 e. The van der Waals surface area contributed by atoms with Crippen LogP contribution in [-0.4, -0.2) is 47.8 Å². The second-order valence-corrected chi connectivity index (χ2v) is 11.4. The summed E-state index contributed by atoms with van der Waals surface area (Å²) >= 11 is 6.02. The molecule has 1 atom stereocenters. The van der Waals surface area contributed by atoms with Gasteiger partial charge in [0.2, 0.25) is 11.8 Å². The van der Waals surface area contributed by atoms with E-state index < -0.39 is 0 Å². The number of piperidine rings is 1. The van der Waals surface area contributed by atoms with Crippen LogP contribution in [0, 0.1) is 11.3 Å². The van der Waals surface area contributed by atoms with Gasteiger partial charge in [-0.1, -0.05) is 66.9 Å². The van der Waals surface area contributed by atoms with Crippen molar-refractivity contribution in [1.82, 2.24) is 15.1 Å². The zero-order valence-corrected chi connectivity index (χ0v) is 23.1. The van der Waals surface area contributed by atoms with Gasteiger partial charge in [0.05, 0.1) is 11.5 Å². The van der Waals surface area contributed by atoms with Crippen molar-refractivity contribution in [2.45, 2.75) is 64.0 Å². The Kier molecular flexibility index (Phi) is 9.55. The van der Waals surface area contributed by atoms with E-state index in [-0.39, 0.29) is 35.7 Å². The average Bonchev–Trinajstić information content (AvgIpc) is 3.55. The molecule has 5 nitrogen and oxygen atoms in total. The summed E-state index contributed by atoms with van der Waals surface area (Å²) in [6.07, 6.45) is 8.07. The molecule has 3 fully saturated rings. The second-order valence-electron chi connectivity index (χ2n) is 11.0. The van der Waals surface area contributed by atoms with Crippen molar-refractivity contribution in [3.05, 3.63) is 70.7 Å². The molecular weight excluding hydrogens is 505 g/mol. The molecule has 5 rings (SSSR count). The highest BCUT2D eigenvalue weighted by atomic mass is 35.5. The minimum Gasteiger partial charge on any atom is -0.349 e. The molecular formula is C30H39Cl2N3O2. The standard InChI is InChI=1S/C30H38ClN3O2.ClH/c31-26-12-10-23(11-13-26)22-34-21-17-30(29(34)36)15-19-33(20-16-30)18-14-27(24-6-2-1-3-7-24)32-28(35)25-8-4-5-9-25;/h1-3,6-7,10-13,25,27H,4-5,8-9,14-22H2,(H,32,35);1H/t27-;/m0./s1. The van der Waals surface area contributed by atoms with E-state index in [2.05, 4.69) is 34.5 Å². The van der Waals surface area contributed by atoms with Gasteiger partial charge < -0.3 is 15.1 Å². The summed E-state index contributed by atoms with van der Waals surface area (Å²) in [4.78, 5) is 30.8. The molecule has 1 aliphatic carbocycles. The van der Waals surface area contributed by atoms with Crippen LogP contribution in [0.3, 0.4) is 0 Å². The van der Waals surface area contributed by atoms with Crippen LogP contribution in [0.1, 0.15) is 68.5 Å². The van der Waals surface area contributed by atoms with Gasteiger partial charge in [0.15, 0.2) is 0 Å². The lowest BCUT2D eigenvalue weighted by molar-refractivity contribution is -0.139. The summed E-state index contributed by atoms with van der Waals surface area (Å²) in [7, 11) is 0. The third kappa shape index (κ3) is 6.68. The van der Waals surface area contributed by atoms with Gasteiger partial charge in [-0.2, -0.15) is 0 Å². The summed E-state index contributed by atoms with van der Waals surface area (Å²) in [6, 6.07) is 18.2. The number of halogens is 2. The Hall–Kier alpha value is -2.08. The van der Waals surface area contributed by atoms with Crippen LogP contribution in [-0.2, 0) is 16.1 Å². The van der Waals surface area contributed by atoms with Gasteiger partial charge in [-0.15, -0.1) is 12.4 Å². The predicted molar refractivity (Wildman–Crippen MR) is 151 cm³/mol. The monoisotopic (exact) mass is 543 g/mol. The Labute approximate surface area is 232 Å². The van der Waals surface area contributed by atoms with Crippen LogP contribution >= 0.6 is 24.0 Å². The topological polar surface area (TPSA) is 52.7 Å².